The predicted octanol–water partition coefficient (Wildman–Crippen LogP) is 3.25. The highest BCUT2D eigenvalue weighted by molar-refractivity contribution is 5.79. The standard InChI is InChI=1S/C20H34N4O/c1-21-19(23-15-8-14-22-18-9-4-3-5-10-18)24-17-20(13-16-25-2)11-6-7-12-20/h3-5,9-10,22H,6-8,11-17H2,1-2H3,(H2,21,23,24). The van der Waals surface area contributed by atoms with Crippen LogP contribution in [0.15, 0.2) is 35.3 Å². The van der Waals surface area contributed by atoms with Gasteiger partial charge in [0, 0.05) is 46.1 Å². The Balaban J connectivity index is 1.64. The molecule has 0 unspecified atom stereocenters. The number of ether oxygens (including phenoxy) is 1. The second-order valence-electron chi connectivity index (χ2n) is 6.95. The molecule has 0 spiro atoms. The minimum Gasteiger partial charge on any atom is -0.385 e. The number of hydrogen-bond donors (Lipinski definition) is 3. The average Bonchev–Trinajstić information content (AvgIpc) is 3.12. The fraction of sp³-hybridized carbons (Fsp3) is 0.650. The van der Waals surface area contributed by atoms with E-state index in [9.17, 15) is 0 Å². The third-order valence-electron chi connectivity index (χ3n) is 5.10. The zero-order valence-corrected chi connectivity index (χ0v) is 15.8. The van der Waals surface area contributed by atoms with Crippen molar-refractivity contribution in [3.63, 3.8) is 0 Å². The van der Waals surface area contributed by atoms with Crippen LogP contribution < -0.4 is 16.0 Å². The van der Waals surface area contributed by atoms with Crippen molar-refractivity contribution in [3.8, 4) is 0 Å². The number of anilines is 1. The summed E-state index contributed by atoms with van der Waals surface area (Å²) in [5, 5.41) is 10.4. The van der Waals surface area contributed by atoms with Gasteiger partial charge in [-0.2, -0.15) is 0 Å². The lowest BCUT2D eigenvalue weighted by molar-refractivity contribution is 0.138. The Morgan fingerprint density at radius 2 is 1.88 bits per heavy atom. The van der Waals surface area contributed by atoms with Crippen LogP contribution in [-0.2, 0) is 4.74 Å². The van der Waals surface area contributed by atoms with Gasteiger partial charge >= 0.3 is 0 Å². The number of para-hydroxylation sites is 1. The van der Waals surface area contributed by atoms with Gasteiger partial charge in [-0.1, -0.05) is 31.0 Å². The van der Waals surface area contributed by atoms with Crippen molar-refractivity contribution in [2.75, 3.05) is 45.7 Å². The minimum atomic E-state index is 0.377. The first kappa shape index (κ1) is 19.6. The molecule has 0 heterocycles. The summed E-state index contributed by atoms with van der Waals surface area (Å²) in [4.78, 5) is 4.36. The van der Waals surface area contributed by atoms with Gasteiger partial charge in [0.1, 0.15) is 0 Å². The molecule has 5 nitrogen and oxygen atoms in total. The number of nitrogens with zero attached hydrogens (tertiary/aromatic N) is 1. The molecule has 1 aliphatic carbocycles. The van der Waals surface area contributed by atoms with E-state index in [2.05, 4.69) is 45.2 Å². The van der Waals surface area contributed by atoms with E-state index in [1.54, 1.807) is 7.11 Å². The molecule has 0 aromatic heterocycles. The van der Waals surface area contributed by atoms with Crippen molar-refractivity contribution >= 4 is 11.6 Å². The average molecular weight is 347 g/mol. The smallest absolute Gasteiger partial charge is 0.190 e. The van der Waals surface area contributed by atoms with Crippen LogP contribution >= 0.6 is 0 Å². The number of guanidine groups is 1. The van der Waals surface area contributed by atoms with Crippen molar-refractivity contribution < 1.29 is 4.74 Å². The first-order valence-electron chi connectivity index (χ1n) is 9.50. The molecule has 3 N–H and O–H groups in total. The highest BCUT2D eigenvalue weighted by Gasteiger charge is 2.33. The Kier molecular flexibility index (Phi) is 8.60. The summed E-state index contributed by atoms with van der Waals surface area (Å²) in [7, 11) is 3.63. The highest BCUT2D eigenvalue weighted by atomic mass is 16.5. The van der Waals surface area contributed by atoms with Crippen molar-refractivity contribution in [3.05, 3.63) is 30.3 Å². The Morgan fingerprint density at radius 3 is 2.56 bits per heavy atom. The summed E-state index contributed by atoms with van der Waals surface area (Å²) in [6, 6.07) is 10.3. The number of hydrogen-bond acceptors (Lipinski definition) is 3. The molecule has 0 aliphatic heterocycles. The lowest BCUT2D eigenvalue weighted by Gasteiger charge is -2.30. The maximum Gasteiger partial charge on any atom is 0.190 e. The van der Waals surface area contributed by atoms with Crippen LogP contribution in [0.25, 0.3) is 0 Å². The van der Waals surface area contributed by atoms with E-state index in [0.29, 0.717) is 5.41 Å². The van der Waals surface area contributed by atoms with E-state index in [-0.39, 0.29) is 0 Å². The molecule has 1 aromatic rings. The SMILES string of the molecule is CN=C(NCCCNc1ccccc1)NCC1(CCOC)CCCC1. The number of benzene rings is 1. The summed E-state index contributed by atoms with van der Waals surface area (Å²) in [6.45, 7) is 3.69. The van der Waals surface area contributed by atoms with Gasteiger partial charge in [-0.3, -0.25) is 4.99 Å². The number of nitrogens with one attached hydrogen (secondary N) is 3. The first-order chi connectivity index (χ1) is 12.3. The third kappa shape index (κ3) is 6.94. The zero-order chi connectivity index (χ0) is 17.8. The van der Waals surface area contributed by atoms with Crippen LogP contribution in [0.4, 0.5) is 5.69 Å². The highest BCUT2D eigenvalue weighted by Crippen LogP contribution is 2.40. The molecule has 0 atom stereocenters. The lowest BCUT2D eigenvalue weighted by Crippen LogP contribution is -2.43. The molecule has 0 bridgehead atoms. The monoisotopic (exact) mass is 346 g/mol. The molecule has 2 rings (SSSR count). The van der Waals surface area contributed by atoms with Crippen LogP contribution in [0.2, 0.25) is 0 Å². The summed E-state index contributed by atoms with van der Waals surface area (Å²) >= 11 is 0. The molecule has 5 heteroatoms. The largest absolute Gasteiger partial charge is 0.385 e. The lowest BCUT2D eigenvalue weighted by atomic mass is 9.83. The van der Waals surface area contributed by atoms with Crippen LogP contribution in [-0.4, -0.2) is 46.4 Å². The molecule has 0 radical (unpaired) electrons. The van der Waals surface area contributed by atoms with Crippen molar-refractivity contribution in [1.29, 1.82) is 0 Å². The second kappa shape index (κ2) is 11.0. The summed E-state index contributed by atoms with van der Waals surface area (Å²) in [5.41, 5.74) is 1.55. The zero-order valence-electron chi connectivity index (χ0n) is 15.8. The van der Waals surface area contributed by atoms with Gasteiger partial charge in [-0.15, -0.1) is 0 Å². The maximum absolute atomic E-state index is 5.31. The first-order valence-corrected chi connectivity index (χ1v) is 9.50. The second-order valence-corrected chi connectivity index (χ2v) is 6.95. The number of methoxy groups -OCH3 is 1. The van der Waals surface area contributed by atoms with Crippen LogP contribution in [0.1, 0.15) is 38.5 Å². The fourth-order valence-electron chi connectivity index (χ4n) is 3.53. The summed E-state index contributed by atoms with van der Waals surface area (Å²) < 4.78 is 5.31. The number of rotatable bonds is 10. The van der Waals surface area contributed by atoms with Crippen molar-refractivity contribution in [2.24, 2.45) is 10.4 Å². The Hall–Kier alpha value is -1.75. The fourth-order valence-corrected chi connectivity index (χ4v) is 3.53. The molecule has 0 saturated heterocycles. The van der Waals surface area contributed by atoms with Gasteiger partial charge in [0.2, 0.25) is 0 Å². The molecule has 1 saturated carbocycles. The van der Waals surface area contributed by atoms with Gasteiger partial charge in [0.25, 0.3) is 0 Å². The molecule has 0 amide bonds. The molecular weight excluding hydrogens is 312 g/mol. The van der Waals surface area contributed by atoms with Crippen LogP contribution in [0.3, 0.4) is 0 Å². The van der Waals surface area contributed by atoms with Gasteiger partial charge in [0.15, 0.2) is 5.96 Å². The van der Waals surface area contributed by atoms with E-state index in [0.717, 1.165) is 45.0 Å². The van der Waals surface area contributed by atoms with Gasteiger partial charge in [-0.25, -0.2) is 0 Å². The van der Waals surface area contributed by atoms with Crippen LogP contribution in [0, 0.1) is 5.41 Å². The Bertz CT molecular complexity index is 498. The van der Waals surface area contributed by atoms with Crippen molar-refractivity contribution in [2.45, 2.75) is 38.5 Å². The summed E-state index contributed by atoms with van der Waals surface area (Å²) in [6.07, 6.45) is 7.44. The Morgan fingerprint density at radius 1 is 1.12 bits per heavy atom. The minimum absolute atomic E-state index is 0.377. The molecule has 1 fully saturated rings. The van der Waals surface area contributed by atoms with E-state index in [1.807, 2.05) is 13.1 Å². The van der Waals surface area contributed by atoms with Gasteiger partial charge in [-0.05, 0) is 43.2 Å². The quantitative estimate of drug-likeness (QED) is 0.346. The van der Waals surface area contributed by atoms with E-state index < -0.39 is 0 Å². The topological polar surface area (TPSA) is 57.7 Å². The van der Waals surface area contributed by atoms with Crippen LogP contribution in [0.5, 0.6) is 0 Å². The number of aliphatic imine (C=N–C) groups is 1. The van der Waals surface area contributed by atoms with Gasteiger partial charge < -0.3 is 20.7 Å². The maximum atomic E-state index is 5.31. The molecule has 25 heavy (non-hydrogen) atoms. The van der Waals surface area contributed by atoms with Gasteiger partial charge in [0.05, 0.1) is 0 Å². The predicted molar refractivity (Wildman–Crippen MR) is 106 cm³/mol. The van der Waals surface area contributed by atoms with E-state index >= 15 is 0 Å². The van der Waals surface area contributed by atoms with E-state index in [1.165, 1.54) is 31.4 Å². The molecule has 1 aromatic carbocycles. The molecular formula is C20H34N4O. The molecule has 1 aliphatic rings. The van der Waals surface area contributed by atoms with E-state index in [4.69, 9.17) is 4.74 Å². The summed E-state index contributed by atoms with van der Waals surface area (Å²) in [5.74, 6) is 0.906. The Labute approximate surface area is 152 Å². The third-order valence-corrected chi connectivity index (χ3v) is 5.10. The molecule has 140 valence electrons. The normalized spacial score (nSPS) is 16.6. The van der Waals surface area contributed by atoms with Crippen molar-refractivity contribution in [1.82, 2.24) is 10.6 Å².